The molecule has 31 heavy (non-hydrogen) atoms. The fourth-order valence-corrected chi connectivity index (χ4v) is 4.09. The van der Waals surface area contributed by atoms with Gasteiger partial charge in [-0.05, 0) is 35.9 Å². The van der Waals surface area contributed by atoms with Crippen LogP contribution in [0.2, 0.25) is 0 Å². The van der Waals surface area contributed by atoms with Crippen molar-refractivity contribution in [1.82, 2.24) is 10.3 Å². The summed E-state index contributed by atoms with van der Waals surface area (Å²) in [6.07, 6.45) is 1.57. The largest absolute Gasteiger partial charge is 0.497 e. The number of ether oxygens (including phenoxy) is 1. The van der Waals surface area contributed by atoms with Gasteiger partial charge in [0.25, 0.3) is 5.91 Å². The summed E-state index contributed by atoms with van der Waals surface area (Å²) in [5, 5.41) is 3.32. The molecule has 7 nitrogen and oxygen atoms in total. The van der Waals surface area contributed by atoms with E-state index < -0.39 is 0 Å². The Bertz CT molecular complexity index is 1170. The lowest BCUT2D eigenvalue weighted by molar-refractivity contribution is -0.118. The monoisotopic (exact) mass is 435 g/mol. The van der Waals surface area contributed by atoms with Crippen LogP contribution >= 0.6 is 11.3 Å². The zero-order valence-electron chi connectivity index (χ0n) is 16.9. The number of carbonyl (C=O) groups is 2. The number of aromatic nitrogens is 1. The molecular weight excluding hydrogens is 414 g/mol. The topological polar surface area (TPSA) is 84.7 Å². The second-order valence-corrected chi connectivity index (χ2v) is 7.79. The summed E-state index contributed by atoms with van der Waals surface area (Å²) >= 11 is 1.43. The summed E-state index contributed by atoms with van der Waals surface area (Å²) in [4.78, 5) is 31.5. The second-order valence-electron chi connectivity index (χ2n) is 6.78. The molecule has 2 heterocycles. The number of nitrogens with one attached hydrogen (secondary N) is 1. The maximum atomic E-state index is 13.1. The number of fused-ring (bicyclic) bond motifs is 1. The molecule has 158 valence electrons. The summed E-state index contributed by atoms with van der Waals surface area (Å²) in [6.45, 7) is 0.588. The van der Waals surface area contributed by atoms with Crippen molar-refractivity contribution in [2.24, 2.45) is 0 Å². The van der Waals surface area contributed by atoms with Gasteiger partial charge in [-0.3, -0.25) is 14.5 Å². The molecule has 1 N–H and O–H groups in total. The van der Waals surface area contributed by atoms with Gasteiger partial charge in [0.1, 0.15) is 5.75 Å². The van der Waals surface area contributed by atoms with Gasteiger partial charge in [-0.1, -0.05) is 41.7 Å². The summed E-state index contributed by atoms with van der Waals surface area (Å²) in [7, 11) is 1.62. The van der Waals surface area contributed by atoms with Crippen LogP contribution in [0.25, 0.3) is 10.2 Å². The molecule has 0 saturated carbocycles. The lowest BCUT2D eigenvalue weighted by atomic mass is 10.2. The van der Waals surface area contributed by atoms with Crippen LogP contribution < -0.4 is 15.0 Å². The zero-order chi connectivity index (χ0) is 21.6. The first-order chi connectivity index (χ1) is 15.1. The number of methoxy groups -OCH3 is 1. The van der Waals surface area contributed by atoms with Gasteiger partial charge in [0.15, 0.2) is 10.9 Å². The Labute approximate surface area is 183 Å². The van der Waals surface area contributed by atoms with Crippen LogP contribution in [-0.2, 0) is 11.3 Å². The molecule has 0 aliphatic carbocycles. The third-order valence-electron chi connectivity index (χ3n) is 4.67. The Morgan fingerprint density at radius 2 is 1.97 bits per heavy atom. The summed E-state index contributed by atoms with van der Waals surface area (Å²) in [5.74, 6) is 0.479. The van der Waals surface area contributed by atoms with Gasteiger partial charge in [-0.2, -0.15) is 0 Å². The molecule has 0 unspecified atom stereocenters. The van der Waals surface area contributed by atoms with Crippen LogP contribution in [0, 0.1) is 0 Å². The highest BCUT2D eigenvalue weighted by molar-refractivity contribution is 7.22. The Balaban J connectivity index is 1.52. The van der Waals surface area contributed by atoms with Gasteiger partial charge in [0, 0.05) is 13.0 Å². The van der Waals surface area contributed by atoms with Crippen molar-refractivity contribution in [3.63, 3.8) is 0 Å². The molecule has 4 aromatic rings. The van der Waals surface area contributed by atoms with Gasteiger partial charge in [0.05, 0.1) is 30.1 Å². The van der Waals surface area contributed by atoms with E-state index in [9.17, 15) is 9.59 Å². The number of furan rings is 1. The van der Waals surface area contributed by atoms with Gasteiger partial charge < -0.3 is 14.5 Å². The number of carbonyl (C=O) groups excluding carboxylic acids is 2. The number of anilines is 1. The quantitative estimate of drug-likeness (QED) is 0.447. The van der Waals surface area contributed by atoms with E-state index >= 15 is 0 Å². The van der Waals surface area contributed by atoms with Crippen molar-refractivity contribution in [3.8, 4) is 5.75 Å². The van der Waals surface area contributed by atoms with Crippen molar-refractivity contribution in [3.05, 3.63) is 78.3 Å². The van der Waals surface area contributed by atoms with E-state index in [2.05, 4.69) is 10.3 Å². The molecular formula is C23H21N3O4S. The molecule has 2 aromatic heterocycles. The van der Waals surface area contributed by atoms with Crippen LogP contribution in [-0.4, -0.2) is 30.5 Å². The van der Waals surface area contributed by atoms with Crippen LogP contribution in [0.4, 0.5) is 5.13 Å². The molecule has 0 atom stereocenters. The Morgan fingerprint density at radius 1 is 1.13 bits per heavy atom. The van der Waals surface area contributed by atoms with E-state index in [1.54, 1.807) is 24.1 Å². The first-order valence-corrected chi connectivity index (χ1v) is 10.6. The highest BCUT2D eigenvalue weighted by atomic mass is 32.1. The summed E-state index contributed by atoms with van der Waals surface area (Å²) < 4.78 is 11.3. The van der Waals surface area contributed by atoms with Crippen LogP contribution in [0.1, 0.15) is 22.5 Å². The first-order valence-electron chi connectivity index (χ1n) is 9.74. The first kappa shape index (κ1) is 20.6. The van der Waals surface area contributed by atoms with Gasteiger partial charge in [0.2, 0.25) is 5.91 Å². The van der Waals surface area contributed by atoms with Crippen molar-refractivity contribution < 1.29 is 18.7 Å². The molecule has 0 aliphatic heterocycles. The molecule has 2 amide bonds. The fourth-order valence-electron chi connectivity index (χ4n) is 3.08. The van der Waals surface area contributed by atoms with Crippen molar-refractivity contribution in [2.45, 2.75) is 13.0 Å². The molecule has 0 aliphatic rings. The van der Waals surface area contributed by atoms with E-state index in [4.69, 9.17) is 9.15 Å². The molecule has 8 heteroatoms. The predicted octanol–water partition coefficient (Wildman–Crippen LogP) is 4.25. The Kier molecular flexibility index (Phi) is 6.28. The SMILES string of the molecule is COc1ccc2nc(N(Cc3ccccc3)C(=O)CCNC(=O)c3ccco3)sc2c1. The van der Waals surface area contributed by atoms with E-state index in [0.717, 1.165) is 21.5 Å². The number of hydrogen-bond acceptors (Lipinski definition) is 6. The van der Waals surface area contributed by atoms with E-state index in [0.29, 0.717) is 11.7 Å². The van der Waals surface area contributed by atoms with Crippen LogP contribution in [0.15, 0.2) is 71.3 Å². The number of hydrogen-bond donors (Lipinski definition) is 1. The average Bonchev–Trinajstić information content (AvgIpc) is 3.47. The minimum Gasteiger partial charge on any atom is -0.497 e. The molecule has 2 aromatic carbocycles. The number of rotatable bonds is 8. The van der Waals surface area contributed by atoms with Gasteiger partial charge >= 0.3 is 0 Å². The normalized spacial score (nSPS) is 10.7. The molecule has 0 radical (unpaired) electrons. The highest BCUT2D eigenvalue weighted by Gasteiger charge is 2.21. The molecule has 0 bridgehead atoms. The number of amides is 2. The third kappa shape index (κ3) is 4.92. The van der Waals surface area contributed by atoms with E-state index in [-0.39, 0.29) is 30.5 Å². The Hall–Kier alpha value is -3.65. The van der Waals surface area contributed by atoms with Crippen molar-refractivity contribution in [1.29, 1.82) is 0 Å². The maximum absolute atomic E-state index is 13.1. The molecule has 4 rings (SSSR count). The second kappa shape index (κ2) is 9.44. The summed E-state index contributed by atoms with van der Waals surface area (Å²) in [5.41, 5.74) is 1.80. The van der Waals surface area contributed by atoms with Crippen LogP contribution in [0.3, 0.4) is 0 Å². The highest BCUT2D eigenvalue weighted by Crippen LogP contribution is 2.32. The molecule has 0 fully saturated rings. The van der Waals surface area contributed by atoms with Crippen LogP contribution in [0.5, 0.6) is 5.75 Å². The third-order valence-corrected chi connectivity index (χ3v) is 5.71. The van der Waals surface area contributed by atoms with E-state index in [1.807, 2.05) is 48.5 Å². The minimum absolute atomic E-state index is 0.130. The predicted molar refractivity (Wildman–Crippen MR) is 119 cm³/mol. The van der Waals surface area contributed by atoms with Gasteiger partial charge in [-0.25, -0.2) is 4.98 Å². The number of benzene rings is 2. The lowest BCUT2D eigenvalue weighted by Crippen LogP contribution is -2.34. The standard InChI is InChI=1S/C23H21N3O4S/c1-29-17-9-10-18-20(14-17)31-23(25-18)26(15-16-6-3-2-4-7-16)21(27)11-12-24-22(28)19-8-5-13-30-19/h2-10,13-14H,11-12,15H2,1H3,(H,24,28). The smallest absolute Gasteiger partial charge is 0.286 e. The Morgan fingerprint density at radius 3 is 2.71 bits per heavy atom. The van der Waals surface area contributed by atoms with Crippen molar-refractivity contribution in [2.75, 3.05) is 18.6 Å². The molecule has 0 saturated heterocycles. The summed E-state index contributed by atoms with van der Waals surface area (Å²) in [6, 6.07) is 18.6. The zero-order valence-corrected chi connectivity index (χ0v) is 17.7. The minimum atomic E-state index is -0.348. The number of nitrogens with zero attached hydrogens (tertiary/aromatic N) is 2. The van der Waals surface area contributed by atoms with Gasteiger partial charge in [-0.15, -0.1) is 0 Å². The number of thiazole rings is 1. The molecule has 0 spiro atoms. The van der Waals surface area contributed by atoms with E-state index in [1.165, 1.54) is 17.6 Å². The lowest BCUT2D eigenvalue weighted by Gasteiger charge is -2.20. The maximum Gasteiger partial charge on any atom is 0.286 e. The average molecular weight is 436 g/mol. The van der Waals surface area contributed by atoms with Crippen molar-refractivity contribution >= 4 is 38.5 Å². The fraction of sp³-hybridized carbons (Fsp3) is 0.174.